The highest BCUT2D eigenvalue weighted by Crippen LogP contribution is 2.28. The van der Waals surface area contributed by atoms with Crippen molar-refractivity contribution in [2.45, 2.75) is 6.42 Å². The Kier molecular flexibility index (Phi) is 1.65. The van der Waals surface area contributed by atoms with Crippen molar-refractivity contribution in [1.29, 1.82) is 5.41 Å². The molecule has 66 valence electrons. The molecule has 3 heteroatoms. The Morgan fingerprint density at radius 1 is 1.46 bits per heavy atom. The Labute approximate surface area is 75.8 Å². The van der Waals surface area contributed by atoms with Crippen molar-refractivity contribution < 1.29 is 9.53 Å². The minimum absolute atomic E-state index is 0.152. The lowest BCUT2D eigenvalue weighted by Gasteiger charge is -2.03. The van der Waals surface area contributed by atoms with Crippen molar-refractivity contribution in [3.63, 3.8) is 0 Å². The van der Waals surface area contributed by atoms with Gasteiger partial charge < -0.3 is 10.1 Å². The second-order valence-corrected chi connectivity index (χ2v) is 2.98. The summed E-state index contributed by atoms with van der Waals surface area (Å²) in [6, 6.07) is 5.44. The van der Waals surface area contributed by atoms with E-state index in [-0.39, 0.29) is 11.5 Å². The molecule has 0 unspecified atom stereocenters. The number of carbonyl (C=O) groups excluding carboxylic acids is 1. The molecule has 0 saturated heterocycles. The average Bonchev–Trinajstić information content (AvgIpc) is 2.43. The average molecular weight is 175 g/mol. The topological polar surface area (TPSA) is 50.2 Å². The molecule has 3 nitrogen and oxygen atoms in total. The van der Waals surface area contributed by atoms with Crippen molar-refractivity contribution in [3.8, 4) is 5.75 Å². The maximum atomic E-state index is 11.5. The quantitative estimate of drug-likeness (QED) is 0.702. The van der Waals surface area contributed by atoms with Crippen LogP contribution in [0, 0.1) is 5.41 Å². The predicted molar refractivity (Wildman–Crippen MR) is 48.8 cm³/mol. The van der Waals surface area contributed by atoms with Crippen LogP contribution in [-0.4, -0.2) is 18.6 Å². The van der Waals surface area contributed by atoms with Crippen LogP contribution in [0.2, 0.25) is 0 Å². The molecular formula is C10H9NO2. The minimum Gasteiger partial charge on any atom is -0.496 e. The number of ketones is 1. The summed E-state index contributed by atoms with van der Waals surface area (Å²) in [5.41, 5.74) is 1.61. The van der Waals surface area contributed by atoms with Gasteiger partial charge in [0, 0.05) is 6.42 Å². The molecule has 0 spiro atoms. The van der Waals surface area contributed by atoms with Crippen molar-refractivity contribution in [1.82, 2.24) is 0 Å². The monoisotopic (exact) mass is 175 g/mol. The van der Waals surface area contributed by atoms with Gasteiger partial charge >= 0.3 is 0 Å². The molecule has 1 aliphatic rings. The van der Waals surface area contributed by atoms with Crippen LogP contribution in [0.4, 0.5) is 0 Å². The summed E-state index contributed by atoms with van der Waals surface area (Å²) < 4.78 is 5.06. The first-order chi connectivity index (χ1) is 6.24. The molecule has 2 rings (SSSR count). The maximum absolute atomic E-state index is 11.5. The van der Waals surface area contributed by atoms with E-state index < -0.39 is 0 Å². The van der Waals surface area contributed by atoms with E-state index in [1.54, 1.807) is 6.07 Å². The van der Waals surface area contributed by atoms with Gasteiger partial charge in [-0.15, -0.1) is 0 Å². The molecule has 0 radical (unpaired) electrons. The van der Waals surface area contributed by atoms with E-state index in [9.17, 15) is 4.79 Å². The molecule has 13 heavy (non-hydrogen) atoms. The molecule has 1 aliphatic carbocycles. The maximum Gasteiger partial charge on any atom is 0.210 e. The molecule has 0 atom stereocenters. The van der Waals surface area contributed by atoms with Crippen LogP contribution in [-0.2, 0) is 6.42 Å². The first kappa shape index (κ1) is 7.98. The molecule has 0 aliphatic heterocycles. The zero-order valence-electron chi connectivity index (χ0n) is 7.26. The zero-order valence-corrected chi connectivity index (χ0v) is 7.26. The standard InChI is InChI=1S/C10H9NO2/c1-13-8-4-2-3-6-5-7(11)10(12)9(6)8/h2-4,11H,5H2,1H3. The Bertz CT molecular complexity index is 396. The van der Waals surface area contributed by atoms with Gasteiger partial charge in [0.2, 0.25) is 5.78 Å². The number of rotatable bonds is 1. The molecule has 0 saturated carbocycles. The van der Waals surface area contributed by atoms with Gasteiger partial charge in [-0.1, -0.05) is 12.1 Å². The summed E-state index contributed by atoms with van der Waals surface area (Å²) >= 11 is 0. The molecule has 0 aromatic heterocycles. The van der Waals surface area contributed by atoms with Crippen LogP contribution >= 0.6 is 0 Å². The smallest absolute Gasteiger partial charge is 0.210 e. The van der Waals surface area contributed by atoms with Crippen LogP contribution in [0.25, 0.3) is 0 Å². The Morgan fingerprint density at radius 3 is 2.92 bits per heavy atom. The molecule has 1 aromatic carbocycles. The lowest BCUT2D eigenvalue weighted by Crippen LogP contribution is -2.06. The van der Waals surface area contributed by atoms with E-state index in [4.69, 9.17) is 10.1 Å². The second kappa shape index (κ2) is 2.69. The van der Waals surface area contributed by atoms with Crippen molar-refractivity contribution in [2.75, 3.05) is 7.11 Å². The van der Waals surface area contributed by atoms with Crippen LogP contribution in [0.1, 0.15) is 15.9 Å². The fourth-order valence-corrected chi connectivity index (χ4v) is 1.57. The lowest BCUT2D eigenvalue weighted by atomic mass is 10.1. The first-order valence-electron chi connectivity index (χ1n) is 4.02. The first-order valence-corrected chi connectivity index (χ1v) is 4.02. The lowest BCUT2D eigenvalue weighted by molar-refractivity contribution is 0.106. The van der Waals surface area contributed by atoms with Crippen molar-refractivity contribution >= 4 is 11.5 Å². The van der Waals surface area contributed by atoms with Gasteiger partial charge in [0.1, 0.15) is 5.75 Å². The van der Waals surface area contributed by atoms with Gasteiger partial charge in [-0.05, 0) is 11.6 Å². The molecule has 1 aromatic rings. The summed E-state index contributed by atoms with van der Waals surface area (Å²) in [4.78, 5) is 11.5. The molecule has 0 heterocycles. The number of nitrogens with one attached hydrogen (secondary N) is 1. The zero-order chi connectivity index (χ0) is 9.42. The largest absolute Gasteiger partial charge is 0.496 e. The van der Waals surface area contributed by atoms with Gasteiger partial charge in [-0.25, -0.2) is 0 Å². The Morgan fingerprint density at radius 2 is 2.23 bits per heavy atom. The van der Waals surface area contributed by atoms with Gasteiger partial charge in [0.25, 0.3) is 0 Å². The summed E-state index contributed by atoms with van der Waals surface area (Å²) in [7, 11) is 1.53. The second-order valence-electron chi connectivity index (χ2n) is 2.98. The van der Waals surface area contributed by atoms with Crippen molar-refractivity contribution in [2.24, 2.45) is 0 Å². The van der Waals surface area contributed by atoms with E-state index in [0.29, 0.717) is 17.7 Å². The fraction of sp³-hybridized carbons (Fsp3) is 0.200. The van der Waals surface area contributed by atoms with Crippen LogP contribution in [0.15, 0.2) is 18.2 Å². The third kappa shape index (κ3) is 1.04. The molecule has 0 bridgehead atoms. The molecule has 1 N–H and O–H groups in total. The normalized spacial score (nSPS) is 14.5. The number of hydrogen-bond acceptors (Lipinski definition) is 3. The number of Topliss-reactive ketones (excluding diaryl/α,β-unsaturated/α-hetero) is 1. The van der Waals surface area contributed by atoms with Crippen LogP contribution in [0.3, 0.4) is 0 Å². The number of ether oxygens (including phenoxy) is 1. The third-order valence-corrected chi connectivity index (χ3v) is 2.20. The van der Waals surface area contributed by atoms with E-state index >= 15 is 0 Å². The molecule has 0 fully saturated rings. The van der Waals surface area contributed by atoms with Gasteiger partial charge in [-0.3, -0.25) is 4.79 Å². The summed E-state index contributed by atoms with van der Waals surface area (Å²) in [6.45, 7) is 0. The van der Waals surface area contributed by atoms with Crippen molar-refractivity contribution in [3.05, 3.63) is 29.3 Å². The van der Waals surface area contributed by atoms with Crippen LogP contribution < -0.4 is 4.74 Å². The van der Waals surface area contributed by atoms with Gasteiger partial charge in [-0.2, -0.15) is 0 Å². The van der Waals surface area contributed by atoms with Crippen LogP contribution in [0.5, 0.6) is 5.75 Å². The highest BCUT2D eigenvalue weighted by atomic mass is 16.5. The SMILES string of the molecule is COc1cccc2c1C(=O)C(=N)C2. The number of hydrogen-bond donors (Lipinski definition) is 1. The summed E-state index contributed by atoms with van der Waals surface area (Å²) in [5.74, 6) is 0.372. The Balaban J connectivity index is 2.64. The Hall–Kier alpha value is -1.64. The highest BCUT2D eigenvalue weighted by Gasteiger charge is 2.27. The van der Waals surface area contributed by atoms with E-state index in [2.05, 4.69) is 0 Å². The number of methoxy groups -OCH3 is 1. The fourth-order valence-electron chi connectivity index (χ4n) is 1.57. The highest BCUT2D eigenvalue weighted by molar-refractivity contribution is 6.49. The molecular weight excluding hydrogens is 166 g/mol. The predicted octanol–water partition coefficient (Wildman–Crippen LogP) is 1.45. The van der Waals surface area contributed by atoms with E-state index in [1.807, 2.05) is 12.1 Å². The molecule has 0 amide bonds. The minimum atomic E-state index is -0.201. The number of benzene rings is 1. The summed E-state index contributed by atoms with van der Waals surface area (Å²) in [5, 5.41) is 7.41. The number of fused-ring (bicyclic) bond motifs is 1. The van der Waals surface area contributed by atoms with Gasteiger partial charge in [0.15, 0.2) is 0 Å². The van der Waals surface area contributed by atoms with E-state index in [0.717, 1.165) is 5.56 Å². The number of carbonyl (C=O) groups is 1. The van der Waals surface area contributed by atoms with E-state index in [1.165, 1.54) is 7.11 Å². The van der Waals surface area contributed by atoms with Gasteiger partial charge in [0.05, 0.1) is 18.4 Å². The third-order valence-electron chi connectivity index (χ3n) is 2.20. The summed E-state index contributed by atoms with van der Waals surface area (Å²) in [6.07, 6.45) is 0.436.